The second-order valence-corrected chi connectivity index (χ2v) is 5.71. The fraction of sp³-hybridized carbons (Fsp3) is 0.333. The number of carboxylic acid groups (broad SMARTS) is 1. The maximum absolute atomic E-state index is 11.1. The molecule has 1 fully saturated rings. The summed E-state index contributed by atoms with van der Waals surface area (Å²) in [6, 6.07) is 9.47. The Hall–Kier alpha value is -2.01. The number of aliphatic carboxylic acids is 1. The molecule has 0 bridgehead atoms. The second-order valence-electron chi connectivity index (χ2n) is 5.27. The lowest BCUT2D eigenvalue weighted by Gasteiger charge is -2.30. The molecule has 0 aliphatic carbocycles. The Morgan fingerprint density at radius 2 is 2.14 bits per heavy atom. The number of H-pyrrole nitrogens is 1. The summed E-state index contributed by atoms with van der Waals surface area (Å²) in [4.78, 5) is 13.1. The molecular formula is C15H16ClN3O2. The number of hydrogen-bond donors (Lipinski definition) is 2. The number of aromatic nitrogens is 2. The van der Waals surface area contributed by atoms with Gasteiger partial charge in [0.15, 0.2) is 5.82 Å². The van der Waals surface area contributed by atoms with Crippen LogP contribution in [0.2, 0.25) is 5.02 Å². The van der Waals surface area contributed by atoms with Crippen molar-refractivity contribution in [2.24, 2.45) is 5.92 Å². The number of carbonyl (C=O) groups is 1. The van der Waals surface area contributed by atoms with Crippen molar-refractivity contribution in [3.63, 3.8) is 0 Å². The number of hydrogen-bond acceptors (Lipinski definition) is 3. The molecule has 1 unspecified atom stereocenters. The first-order chi connectivity index (χ1) is 10.1. The zero-order valence-electron chi connectivity index (χ0n) is 11.4. The number of aromatic amines is 1. The van der Waals surface area contributed by atoms with Gasteiger partial charge in [-0.1, -0.05) is 23.7 Å². The summed E-state index contributed by atoms with van der Waals surface area (Å²) in [5, 5.41) is 17.1. The summed E-state index contributed by atoms with van der Waals surface area (Å²) < 4.78 is 0. The van der Waals surface area contributed by atoms with E-state index in [1.54, 1.807) is 0 Å². The summed E-state index contributed by atoms with van der Waals surface area (Å²) in [5.41, 5.74) is 1.91. The van der Waals surface area contributed by atoms with Crippen LogP contribution in [-0.2, 0) is 4.79 Å². The highest BCUT2D eigenvalue weighted by atomic mass is 35.5. The van der Waals surface area contributed by atoms with Crippen molar-refractivity contribution in [3.05, 3.63) is 35.4 Å². The lowest BCUT2D eigenvalue weighted by molar-refractivity contribution is -0.141. The first kappa shape index (κ1) is 13.9. The predicted octanol–water partition coefficient (Wildman–Crippen LogP) is 3.03. The van der Waals surface area contributed by atoms with E-state index < -0.39 is 5.97 Å². The van der Waals surface area contributed by atoms with Crippen LogP contribution in [0.4, 0.5) is 5.82 Å². The zero-order chi connectivity index (χ0) is 14.8. The van der Waals surface area contributed by atoms with Gasteiger partial charge >= 0.3 is 5.97 Å². The number of carboxylic acids is 1. The van der Waals surface area contributed by atoms with E-state index in [1.165, 1.54) is 0 Å². The standard InChI is InChI=1S/C15H16ClN3O2/c16-12-5-3-10(4-6-12)13-8-14(18-17-13)19-7-1-2-11(9-19)15(20)21/h3-6,8,11H,1-2,7,9H2,(H,17,18)(H,20,21). The van der Waals surface area contributed by atoms with Crippen molar-refractivity contribution in [2.75, 3.05) is 18.0 Å². The summed E-state index contributed by atoms with van der Waals surface area (Å²) in [6.07, 6.45) is 1.61. The van der Waals surface area contributed by atoms with Gasteiger partial charge in [0.05, 0.1) is 11.6 Å². The molecule has 1 saturated heterocycles. The molecule has 0 spiro atoms. The molecule has 1 atom stereocenters. The highest BCUT2D eigenvalue weighted by molar-refractivity contribution is 6.30. The van der Waals surface area contributed by atoms with Gasteiger partial charge in [0.25, 0.3) is 0 Å². The normalized spacial score (nSPS) is 18.7. The van der Waals surface area contributed by atoms with Crippen molar-refractivity contribution in [3.8, 4) is 11.3 Å². The molecule has 21 heavy (non-hydrogen) atoms. The lowest BCUT2D eigenvalue weighted by Crippen LogP contribution is -2.38. The lowest BCUT2D eigenvalue weighted by atomic mass is 9.98. The molecule has 5 nitrogen and oxygen atoms in total. The Morgan fingerprint density at radius 1 is 1.38 bits per heavy atom. The number of benzene rings is 1. The summed E-state index contributed by atoms with van der Waals surface area (Å²) in [6.45, 7) is 1.36. The molecule has 1 aliphatic rings. The molecule has 0 saturated carbocycles. The number of rotatable bonds is 3. The van der Waals surface area contributed by atoms with Gasteiger partial charge in [-0.3, -0.25) is 9.89 Å². The maximum atomic E-state index is 11.1. The van der Waals surface area contributed by atoms with Crippen LogP contribution in [0.1, 0.15) is 12.8 Å². The van der Waals surface area contributed by atoms with Gasteiger partial charge in [0.1, 0.15) is 0 Å². The van der Waals surface area contributed by atoms with Crippen LogP contribution in [0.3, 0.4) is 0 Å². The number of nitrogens with zero attached hydrogens (tertiary/aromatic N) is 2. The Labute approximate surface area is 127 Å². The van der Waals surface area contributed by atoms with Gasteiger partial charge in [-0.15, -0.1) is 0 Å². The first-order valence-electron chi connectivity index (χ1n) is 6.92. The van der Waals surface area contributed by atoms with Crippen LogP contribution in [0.5, 0.6) is 0 Å². The second kappa shape index (κ2) is 5.77. The quantitative estimate of drug-likeness (QED) is 0.914. The van der Waals surface area contributed by atoms with Crippen LogP contribution in [0.25, 0.3) is 11.3 Å². The largest absolute Gasteiger partial charge is 0.481 e. The number of piperidine rings is 1. The third-order valence-electron chi connectivity index (χ3n) is 3.81. The van der Waals surface area contributed by atoms with E-state index in [4.69, 9.17) is 16.7 Å². The molecule has 2 aromatic rings. The minimum absolute atomic E-state index is 0.311. The molecule has 2 heterocycles. The van der Waals surface area contributed by atoms with Gasteiger partial charge in [0, 0.05) is 24.2 Å². The smallest absolute Gasteiger partial charge is 0.308 e. The van der Waals surface area contributed by atoms with E-state index in [0.29, 0.717) is 11.6 Å². The van der Waals surface area contributed by atoms with Gasteiger partial charge < -0.3 is 10.0 Å². The van der Waals surface area contributed by atoms with E-state index in [9.17, 15) is 4.79 Å². The average Bonchev–Trinajstić information content (AvgIpc) is 2.98. The van der Waals surface area contributed by atoms with Gasteiger partial charge in [-0.25, -0.2) is 0 Å². The van der Waals surface area contributed by atoms with E-state index in [2.05, 4.69) is 10.2 Å². The van der Waals surface area contributed by atoms with Gasteiger partial charge in [-0.05, 0) is 30.5 Å². The number of anilines is 1. The molecule has 3 rings (SSSR count). The molecule has 0 radical (unpaired) electrons. The van der Waals surface area contributed by atoms with Crippen molar-refractivity contribution >= 4 is 23.4 Å². The average molecular weight is 306 g/mol. The topological polar surface area (TPSA) is 69.2 Å². The SMILES string of the molecule is O=C(O)C1CCCN(c2cc(-c3ccc(Cl)cc3)[nH]n2)C1. The van der Waals surface area contributed by atoms with Crippen LogP contribution >= 0.6 is 11.6 Å². The Balaban J connectivity index is 1.78. The molecule has 1 aliphatic heterocycles. The molecule has 2 N–H and O–H groups in total. The van der Waals surface area contributed by atoms with Crippen LogP contribution in [0.15, 0.2) is 30.3 Å². The number of nitrogens with one attached hydrogen (secondary N) is 1. The Kier molecular flexibility index (Phi) is 3.84. The fourth-order valence-corrected chi connectivity index (χ4v) is 2.76. The van der Waals surface area contributed by atoms with E-state index in [-0.39, 0.29) is 5.92 Å². The Morgan fingerprint density at radius 3 is 2.86 bits per heavy atom. The highest BCUT2D eigenvalue weighted by Crippen LogP contribution is 2.26. The molecule has 110 valence electrons. The van der Waals surface area contributed by atoms with Crippen molar-refractivity contribution < 1.29 is 9.90 Å². The zero-order valence-corrected chi connectivity index (χ0v) is 12.2. The molecule has 1 aromatic carbocycles. The molecule has 6 heteroatoms. The summed E-state index contributed by atoms with van der Waals surface area (Å²) >= 11 is 5.88. The maximum Gasteiger partial charge on any atom is 0.308 e. The molecule has 1 aromatic heterocycles. The predicted molar refractivity (Wildman–Crippen MR) is 81.6 cm³/mol. The van der Waals surface area contributed by atoms with E-state index >= 15 is 0 Å². The molecular weight excluding hydrogens is 290 g/mol. The monoisotopic (exact) mass is 305 g/mol. The van der Waals surface area contributed by atoms with Crippen molar-refractivity contribution in [2.45, 2.75) is 12.8 Å². The van der Waals surface area contributed by atoms with Gasteiger partial charge in [-0.2, -0.15) is 5.10 Å². The van der Waals surface area contributed by atoms with E-state index in [1.807, 2.05) is 35.2 Å². The van der Waals surface area contributed by atoms with Crippen LogP contribution in [0, 0.1) is 5.92 Å². The van der Waals surface area contributed by atoms with Crippen LogP contribution in [-0.4, -0.2) is 34.4 Å². The number of halogens is 1. The van der Waals surface area contributed by atoms with Gasteiger partial charge in [0.2, 0.25) is 0 Å². The fourth-order valence-electron chi connectivity index (χ4n) is 2.64. The highest BCUT2D eigenvalue weighted by Gasteiger charge is 2.26. The van der Waals surface area contributed by atoms with E-state index in [0.717, 1.165) is 36.5 Å². The third kappa shape index (κ3) is 3.03. The van der Waals surface area contributed by atoms with Crippen molar-refractivity contribution in [1.82, 2.24) is 10.2 Å². The minimum atomic E-state index is -0.729. The van der Waals surface area contributed by atoms with Crippen molar-refractivity contribution in [1.29, 1.82) is 0 Å². The van der Waals surface area contributed by atoms with Crippen LogP contribution < -0.4 is 4.90 Å². The minimum Gasteiger partial charge on any atom is -0.481 e. The third-order valence-corrected chi connectivity index (χ3v) is 4.07. The summed E-state index contributed by atoms with van der Waals surface area (Å²) in [5.74, 6) is -0.242. The Bertz CT molecular complexity index is 639. The molecule has 0 amide bonds. The first-order valence-corrected chi connectivity index (χ1v) is 7.30. The summed E-state index contributed by atoms with van der Waals surface area (Å²) in [7, 11) is 0.